The number of hydrogen-bond acceptors (Lipinski definition) is 1. The van der Waals surface area contributed by atoms with Gasteiger partial charge in [-0.15, -0.1) is 0 Å². The van der Waals surface area contributed by atoms with E-state index in [2.05, 4.69) is 31.9 Å². The second-order valence-electron chi connectivity index (χ2n) is 4.18. The van der Waals surface area contributed by atoms with Gasteiger partial charge in [0.05, 0.1) is 0 Å². The van der Waals surface area contributed by atoms with Crippen LogP contribution in [0, 0.1) is 0 Å². The third-order valence-corrected chi connectivity index (χ3v) is 3.92. The Morgan fingerprint density at radius 1 is 0.526 bits per heavy atom. The van der Waals surface area contributed by atoms with E-state index in [1.807, 2.05) is 60.7 Å². The summed E-state index contributed by atoms with van der Waals surface area (Å²) in [5, 5.41) is 0. The van der Waals surface area contributed by atoms with Crippen molar-refractivity contribution in [3.05, 3.63) is 69.6 Å². The Balaban J connectivity index is 1.95. The van der Waals surface area contributed by atoms with Crippen molar-refractivity contribution in [1.82, 2.24) is 0 Å². The van der Waals surface area contributed by atoms with Gasteiger partial charge in [0.25, 0.3) is 0 Å². The molecule has 0 N–H and O–H groups in total. The number of halogens is 2. The highest BCUT2D eigenvalue weighted by Gasteiger charge is 2.06. The van der Waals surface area contributed by atoms with E-state index in [9.17, 15) is 0 Å². The molecule has 3 heteroatoms. The minimum absolute atomic E-state index is 0.880. The molecule has 1 nitrogen and oxygen atoms in total. The van der Waals surface area contributed by atoms with E-state index in [-0.39, 0.29) is 0 Å². The van der Waals surface area contributed by atoms with Crippen molar-refractivity contribution in [3.8, 4) is 22.6 Å². The summed E-state index contributed by atoms with van der Waals surface area (Å²) in [6.45, 7) is 0. The van der Waals surface area contributed by atoms with Crippen LogP contribution in [0.5, 0.6) is 0 Å². The topological polar surface area (TPSA) is 13.1 Å². The Morgan fingerprint density at radius 3 is 1.26 bits per heavy atom. The van der Waals surface area contributed by atoms with Crippen molar-refractivity contribution in [2.75, 3.05) is 0 Å². The smallest absolute Gasteiger partial charge is 0.134 e. The molecule has 2 aromatic carbocycles. The molecule has 0 amide bonds. The normalized spacial score (nSPS) is 10.6. The largest absolute Gasteiger partial charge is 0.456 e. The average molecular weight is 378 g/mol. The summed E-state index contributed by atoms with van der Waals surface area (Å²) < 4.78 is 8.04. The van der Waals surface area contributed by atoms with Gasteiger partial charge in [0, 0.05) is 20.1 Å². The highest BCUT2D eigenvalue weighted by Crippen LogP contribution is 2.29. The molecule has 3 rings (SSSR count). The van der Waals surface area contributed by atoms with Gasteiger partial charge >= 0.3 is 0 Å². The van der Waals surface area contributed by atoms with Crippen LogP contribution in [-0.4, -0.2) is 0 Å². The molecule has 0 radical (unpaired) electrons. The van der Waals surface area contributed by atoms with E-state index in [1.165, 1.54) is 0 Å². The van der Waals surface area contributed by atoms with Gasteiger partial charge in [-0.1, -0.05) is 56.1 Å². The van der Waals surface area contributed by atoms with Gasteiger partial charge in [-0.3, -0.25) is 0 Å². The Bertz CT molecular complexity index is 622. The van der Waals surface area contributed by atoms with Crippen molar-refractivity contribution in [1.29, 1.82) is 0 Å². The first-order chi connectivity index (χ1) is 9.22. The zero-order chi connectivity index (χ0) is 13.2. The first-order valence-corrected chi connectivity index (χ1v) is 7.43. The first-order valence-electron chi connectivity index (χ1n) is 5.84. The maximum absolute atomic E-state index is 5.90. The van der Waals surface area contributed by atoms with E-state index in [4.69, 9.17) is 4.42 Å². The standard InChI is InChI=1S/C16H10Br2O/c17-13-5-1-11(2-6-13)15-9-10-16(19-15)12-3-7-14(18)8-4-12/h1-10H. The summed E-state index contributed by atoms with van der Waals surface area (Å²) >= 11 is 6.86. The molecule has 0 atom stereocenters. The molecule has 3 aromatic rings. The average Bonchev–Trinajstić information content (AvgIpc) is 2.90. The van der Waals surface area contributed by atoms with E-state index in [1.54, 1.807) is 0 Å². The lowest BCUT2D eigenvalue weighted by Crippen LogP contribution is -1.74. The van der Waals surface area contributed by atoms with Gasteiger partial charge in [-0.25, -0.2) is 0 Å². The minimum Gasteiger partial charge on any atom is -0.456 e. The Morgan fingerprint density at radius 2 is 0.895 bits per heavy atom. The van der Waals surface area contributed by atoms with Gasteiger partial charge < -0.3 is 4.42 Å². The maximum atomic E-state index is 5.90. The van der Waals surface area contributed by atoms with Gasteiger partial charge in [0.1, 0.15) is 11.5 Å². The first kappa shape index (κ1) is 12.7. The number of rotatable bonds is 2. The molecule has 1 heterocycles. The molecule has 0 aliphatic carbocycles. The van der Waals surface area contributed by atoms with Crippen molar-refractivity contribution >= 4 is 31.9 Å². The predicted molar refractivity (Wildman–Crippen MR) is 85.0 cm³/mol. The Kier molecular flexibility index (Phi) is 3.58. The van der Waals surface area contributed by atoms with Crippen LogP contribution in [0.25, 0.3) is 22.6 Å². The van der Waals surface area contributed by atoms with Gasteiger partial charge in [0.2, 0.25) is 0 Å². The second kappa shape index (κ2) is 5.35. The maximum Gasteiger partial charge on any atom is 0.134 e. The third-order valence-electron chi connectivity index (χ3n) is 2.86. The summed E-state index contributed by atoms with van der Waals surface area (Å²) in [7, 11) is 0. The number of furan rings is 1. The van der Waals surface area contributed by atoms with Crippen LogP contribution in [-0.2, 0) is 0 Å². The molecule has 94 valence electrons. The van der Waals surface area contributed by atoms with E-state index < -0.39 is 0 Å². The fraction of sp³-hybridized carbons (Fsp3) is 0. The molecule has 0 unspecified atom stereocenters. The highest BCUT2D eigenvalue weighted by atomic mass is 79.9. The highest BCUT2D eigenvalue weighted by molar-refractivity contribution is 9.10. The fourth-order valence-electron chi connectivity index (χ4n) is 1.88. The van der Waals surface area contributed by atoms with Crippen LogP contribution >= 0.6 is 31.9 Å². The lowest BCUT2D eigenvalue weighted by Gasteiger charge is -1.99. The molecule has 0 fully saturated rings. The molecule has 0 aliphatic heterocycles. The van der Waals surface area contributed by atoms with Crippen LogP contribution in [0.15, 0.2) is 74.0 Å². The van der Waals surface area contributed by atoms with Crippen LogP contribution in [0.1, 0.15) is 0 Å². The Labute approximate surface area is 128 Å². The van der Waals surface area contributed by atoms with Gasteiger partial charge in [0.15, 0.2) is 0 Å². The summed E-state index contributed by atoms with van der Waals surface area (Å²) in [6.07, 6.45) is 0. The molecular formula is C16H10Br2O. The van der Waals surface area contributed by atoms with E-state index in [0.717, 1.165) is 31.6 Å². The number of benzene rings is 2. The molecule has 1 aromatic heterocycles. The third kappa shape index (κ3) is 2.82. The monoisotopic (exact) mass is 376 g/mol. The van der Waals surface area contributed by atoms with Crippen LogP contribution < -0.4 is 0 Å². The summed E-state index contributed by atoms with van der Waals surface area (Å²) in [5.41, 5.74) is 2.15. The Hall–Kier alpha value is -1.32. The zero-order valence-corrected chi connectivity index (χ0v) is 13.1. The summed E-state index contributed by atoms with van der Waals surface area (Å²) in [4.78, 5) is 0. The molecule has 0 saturated heterocycles. The second-order valence-corrected chi connectivity index (χ2v) is 6.01. The minimum atomic E-state index is 0.880. The van der Waals surface area contributed by atoms with E-state index in [0.29, 0.717) is 0 Å². The van der Waals surface area contributed by atoms with Crippen LogP contribution in [0.3, 0.4) is 0 Å². The molecule has 0 aliphatic rings. The predicted octanol–water partition coefficient (Wildman–Crippen LogP) is 6.14. The van der Waals surface area contributed by atoms with Crippen LogP contribution in [0.2, 0.25) is 0 Å². The van der Waals surface area contributed by atoms with Crippen molar-refractivity contribution in [3.63, 3.8) is 0 Å². The van der Waals surface area contributed by atoms with E-state index >= 15 is 0 Å². The quantitative estimate of drug-likeness (QED) is 0.522. The molecule has 0 bridgehead atoms. The van der Waals surface area contributed by atoms with Crippen molar-refractivity contribution < 1.29 is 4.42 Å². The van der Waals surface area contributed by atoms with Gasteiger partial charge in [-0.2, -0.15) is 0 Å². The molecular weight excluding hydrogens is 368 g/mol. The number of hydrogen-bond donors (Lipinski definition) is 0. The van der Waals surface area contributed by atoms with Crippen molar-refractivity contribution in [2.24, 2.45) is 0 Å². The van der Waals surface area contributed by atoms with Gasteiger partial charge in [-0.05, 0) is 36.4 Å². The summed E-state index contributed by atoms with van der Waals surface area (Å²) in [6, 6.07) is 20.2. The summed E-state index contributed by atoms with van der Waals surface area (Å²) in [5.74, 6) is 1.76. The lowest BCUT2D eigenvalue weighted by molar-refractivity contribution is 0.597. The zero-order valence-electron chi connectivity index (χ0n) is 9.94. The molecule has 0 spiro atoms. The lowest BCUT2D eigenvalue weighted by atomic mass is 10.2. The fourth-order valence-corrected chi connectivity index (χ4v) is 2.41. The van der Waals surface area contributed by atoms with Crippen LogP contribution in [0.4, 0.5) is 0 Å². The molecule has 19 heavy (non-hydrogen) atoms. The SMILES string of the molecule is Brc1ccc(-c2ccc(-c3ccc(Br)cc3)o2)cc1. The van der Waals surface area contributed by atoms with Crippen molar-refractivity contribution in [2.45, 2.75) is 0 Å². The molecule has 0 saturated carbocycles.